The Morgan fingerprint density at radius 3 is 1.93 bits per heavy atom. The van der Waals surface area contributed by atoms with E-state index in [-0.39, 0.29) is 25.3 Å². The molecule has 1 aromatic carbocycles. The van der Waals surface area contributed by atoms with Gasteiger partial charge in [-0.25, -0.2) is 9.36 Å². The first-order chi connectivity index (χ1) is 21.4. The van der Waals surface area contributed by atoms with Gasteiger partial charge in [-0.2, -0.15) is 4.98 Å². The highest BCUT2D eigenvalue weighted by Gasteiger charge is 2.28. The molecule has 1 heterocycles. The quantitative estimate of drug-likeness (QED) is 0.0729. The van der Waals surface area contributed by atoms with E-state index in [2.05, 4.69) is 11.9 Å². The van der Waals surface area contributed by atoms with Gasteiger partial charge in [-0.3, -0.25) is 9.09 Å². The molecule has 10 heteroatoms. The summed E-state index contributed by atoms with van der Waals surface area (Å²) in [6, 6.07) is 10.4. The van der Waals surface area contributed by atoms with E-state index in [9.17, 15) is 9.36 Å². The lowest BCUT2D eigenvalue weighted by molar-refractivity contribution is 0.0612. The number of nitrogens with two attached hydrogens (primary N) is 1. The van der Waals surface area contributed by atoms with Gasteiger partial charge in [-0.05, 0) is 31.5 Å². The first kappa shape index (κ1) is 38.0. The maximum Gasteiger partial charge on any atom is 0.404 e. The molecule has 250 valence electrons. The first-order valence-electron chi connectivity index (χ1n) is 16.9. The highest BCUT2D eigenvalue weighted by molar-refractivity contribution is 7.54. The fraction of sp³-hybridized carbons (Fsp3) is 0.706. The molecule has 0 aliphatic heterocycles. The number of ether oxygens (including phenoxy) is 2. The second-order valence-electron chi connectivity index (χ2n) is 11.7. The molecule has 2 atom stereocenters. The standard InChI is InChI=1S/C34H58N3O6P/c1-3-4-5-6-7-8-9-10-11-12-13-14-15-16-17-21-26-40-27-28-42-44(39,43-32-22-19-18-20-23-32)30-41-31(2)29-37-25-24-33(35)36-34(37)38/h18-20,22-25,31H,3-17,21,26-30H2,1-2H3,(H2,35,36,38). The lowest BCUT2D eigenvalue weighted by atomic mass is 10.0. The van der Waals surface area contributed by atoms with E-state index < -0.39 is 19.4 Å². The molecule has 0 bridgehead atoms. The lowest BCUT2D eigenvalue weighted by Gasteiger charge is -2.22. The van der Waals surface area contributed by atoms with Crippen LogP contribution in [0.4, 0.5) is 5.82 Å². The predicted molar refractivity (Wildman–Crippen MR) is 179 cm³/mol. The number of anilines is 1. The second-order valence-corrected chi connectivity index (χ2v) is 13.6. The Hall–Kier alpha value is -2.19. The molecule has 0 saturated carbocycles. The number of benzene rings is 1. The van der Waals surface area contributed by atoms with Crippen LogP contribution in [0.15, 0.2) is 47.4 Å². The zero-order chi connectivity index (χ0) is 31.7. The average molecular weight is 636 g/mol. The molecule has 44 heavy (non-hydrogen) atoms. The zero-order valence-corrected chi connectivity index (χ0v) is 28.2. The van der Waals surface area contributed by atoms with Gasteiger partial charge in [0.15, 0.2) is 6.35 Å². The molecule has 0 amide bonds. The van der Waals surface area contributed by atoms with Gasteiger partial charge < -0.3 is 19.7 Å². The molecule has 0 aliphatic rings. The highest BCUT2D eigenvalue weighted by atomic mass is 31.2. The smallest absolute Gasteiger partial charge is 0.404 e. The van der Waals surface area contributed by atoms with Crippen LogP contribution in [0.25, 0.3) is 0 Å². The monoisotopic (exact) mass is 635 g/mol. The van der Waals surface area contributed by atoms with Crippen molar-refractivity contribution in [1.82, 2.24) is 9.55 Å². The van der Waals surface area contributed by atoms with Crippen LogP contribution < -0.4 is 15.9 Å². The molecular weight excluding hydrogens is 577 g/mol. The minimum Gasteiger partial charge on any atom is -0.423 e. The summed E-state index contributed by atoms with van der Waals surface area (Å²) in [5, 5.41) is 0. The van der Waals surface area contributed by atoms with Crippen molar-refractivity contribution in [2.45, 2.75) is 129 Å². The van der Waals surface area contributed by atoms with E-state index in [0.717, 1.165) is 12.8 Å². The number of nitrogens with zero attached hydrogens (tertiary/aromatic N) is 2. The summed E-state index contributed by atoms with van der Waals surface area (Å²) < 4.78 is 37.9. The number of rotatable bonds is 28. The van der Waals surface area contributed by atoms with E-state index in [4.69, 9.17) is 24.3 Å². The molecule has 2 N–H and O–H groups in total. The minimum absolute atomic E-state index is 0.127. The van der Waals surface area contributed by atoms with E-state index in [0.29, 0.717) is 19.0 Å². The molecular formula is C34H58N3O6P. The second kappa shape index (κ2) is 24.1. The van der Waals surface area contributed by atoms with Gasteiger partial charge in [0, 0.05) is 12.8 Å². The third-order valence-electron chi connectivity index (χ3n) is 7.51. The van der Waals surface area contributed by atoms with Crippen molar-refractivity contribution in [1.29, 1.82) is 0 Å². The van der Waals surface area contributed by atoms with Crippen LogP contribution in [-0.2, 0) is 25.1 Å². The number of hydrogen-bond acceptors (Lipinski definition) is 8. The molecule has 0 radical (unpaired) electrons. The Balaban J connectivity index is 1.54. The third kappa shape index (κ3) is 18.6. The van der Waals surface area contributed by atoms with E-state index >= 15 is 0 Å². The van der Waals surface area contributed by atoms with Crippen molar-refractivity contribution < 1.29 is 23.1 Å². The Labute approximate surface area is 265 Å². The van der Waals surface area contributed by atoms with Crippen LogP contribution in [0.1, 0.15) is 117 Å². The Bertz CT molecular complexity index is 1080. The van der Waals surface area contributed by atoms with Crippen LogP contribution >= 0.6 is 7.60 Å². The number of unbranched alkanes of at least 4 members (excludes halogenated alkanes) is 15. The summed E-state index contributed by atoms with van der Waals surface area (Å²) in [6.45, 7) is 5.38. The Morgan fingerprint density at radius 2 is 1.36 bits per heavy atom. The molecule has 2 rings (SSSR count). The molecule has 2 unspecified atom stereocenters. The fourth-order valence-corrected chi connectivity index (χ4v) is 6.36. The maximum atomic E-state index is 13.5. The fourth-order valence-electron chi connectivity index (χ4n) is 4.95. The molecule has 0 saturated heterocycles. The topological polar surface area (TPSA) is 115 Å². The van der Waals surface area contributed by atoms with Crippen molar-refractivity contribution in [3.63, 3.8) is 0 Å². The van der Waals surface area contributed by atoms with Crippen LogP contribution in [0.2, 0.25) is 0 Å². The molecule has 9 nitrogen and oxygen atoms in total. The summed E-state index contributed by atoms with van der Waals surface area (Å²) in [7, 11) is -3.64. The van der Waals surface area contributed by atoms with Crippen molar-refractivity contribution >= 4 is 13.4 Å². The van der Waals surface area contributed by atoms with Gasteiger partial charge in [-0.1, -0.05) is 121 Å². The summed E-state index contributed by atoms with van der Waals surface area (Å²) in [5.74, 6) is 0.589. The van der Waals surface area contributed by atoms with Crippen molar-refractivity contribution in [2.24, 2.45) is 0 Å². The van der Waals surface area contributed by atoms with Gasteiger partial charge in [0.05, 0.1) is 25.9 Å². The van der Waals surface area contributed by atoms with Gasteiger partial charge in [0.2, 0.25) is 0 Å². The van der Waals surface area contributed by atoms with Gasteiger partial charge >= 0.3 is 13.3 Å². The van der Waals surface area contributed by atoms with Gasteiger partial charge in [0.25, 0.3) is 0 Å². The third-order valence-corrected chi connectivity index (χ3v) is 9.04. The van der Waals surface area contributed by atoms with Crippen molar-refractivity contribution in [3.8, 4) is 5.75 Å². The van der Waals surface area contributed by atoms with Gasteiger partial charge in [-0.15, -0.1) is 0 Å². The Kier molecular flexibility index (Phi) is 20.8. The van der Waals surface area contributed by atoms with Crippen LogP contribution in [0.3, 0.4) is 0 Å². The van der Waals surface area contributed by atoms with Gasteiger partial charge in [0.1, 0.15) is 11.6 Å². The van der Waals surface area contributed by atoms with E-state index in [1.165, 1.54) is 94.5 Å². The summed E-state index contributed by atoms with van der Waals surface area (Å²) in [6.07, 6.45) is 22.2. The van der Waals surface area contributed by atoms with Crippen LogP contribution in [0.5, 0.6) is 5.75 Å². The first-order valence-corrected chi connectivity index (χ1v) is 18.6. The minimum atomic E-state index is -3.64. The molecule has 1 aromatic heterocycles. The van der Waals surface area contributed by atoms with E-state index in [1.807, 2.05) is 6.07 Å². The Morgan fingerprint density at radius 1 is 0.795 bits per heavy atom. The average Bonchev–Trinajstić information content (AvgIpc) is 3.01. The zero-order valence-electron chi connectivity index (χ0n) is 27.3. The molecule has 2 aromatic rings. The largest absolute Gasteiger partial charge is 0.423 e. The summed E-state index contributed by atoms with van der Waals surface area (Å²) >= 11 is 0. The highest BCUT2D eigenvalue weighted by Crippen LogP contribution is 2.48. The normalized spacial score (nSPS) is 13.5. The maximum absolute atomic E-state index is 13.5. The number of hydrogen-bond donors (Lipinski definition) is 1. The van der Waals surface area contributed by atoms with E-state index in [1.54, 1.807) is 43.5 Å². The van der Waals surface area contributed by atoms with Crippen molar-refractivity contribution in [2.75, 3.05) is 31.9 Å². The number of nitrogen functional groups attached to an aromatic ring is 1. The summed E-state index contributed by atoms with van der Waals surface area (Å²) in [5.41, 5.74) is 5.09. The van der Waals surface area contributed by atoms with Crippen LogP contribution in [-0.4, -0.2) is 41.8 Å². The van der Waals surface area contributed by atoms with Crippen molar-refractivity contribution in [3.05, 3.63) is 53.1 Å². The predicted octanol–water partition coefficient (Wildman–Crippen LogP) is 8.75. The lowest BCUT2D eigenvalue weighted by Crippen LogP contribution is -2.29. The molecule has 0 fully saturated rings. The summed E-state index contributed by atoms with van der Waals surface area (Å²) in [4.78, 5) is 15.7. The molecule has 0 aliphatic carbocycles. The number of aromatic nitrogens is 2. The number of para-hydroxylation sites is 1. The molecule has 0 spiro atoms. The SMILES string of the molecule is CCCCCCCCCCCCCCCCCCOCCOP(=O)(COC(C)Cn1ccc(N)nc1=O)Oc1ccccc1. The van der Waals surface area contributed by atoms with Crippen LogP contribution in [0, 0.1) is 0 Å².